The van der Waals surface area contributed by atoms with Crippen molar-refractivity contribution in [1.82, 2.24) is 9.97 Å². The number of aromatic nitrogens is 2. The highest BCUT2D eigenvalue weighted by atomic mass is 16.6. The first kappa shape index (κ1) is 27.8. The Kier molecular flexibility index (Phi) is 7.90. The molecule has 40 heavy (non-hydrogen) atoms. The molecule has 8 rings (SSSR count). The van der Waals surface area contributed by atoms with Crippen molar-refractivity contribution in [3.05, 3.63) is 47.8 Å². The first-order valence-electron chi connectivity index (χ1n) is 12.6. The molecule has 0 spiro atoms. The average Bonchev–Trinajstić information content (AvgIpc) is 2.93. The Morgan fingerprint density at radius 2 is 1.15 bits per heavy atom. The van der Waals surface area contributed by atoms with Crippen molar-refractivity contribution in [2.75, 3.05) is 13.2 Å². The van der Waals surface area contributed by atoms with Crippen molar-refractivity contribution >= 4 is 0 Å². The molecule has 8 atom stereocenters. The van der Waals surface area contributed by atoms with E-state index in [0.717, 1.165) is 0 Å². The fraction of sp³-hybridized carbons (Fsp3) is 0.400. The topological polar surface area (TPSA) is 166 Å². The number of ether oxygens (including phenoxy) is 2. The number of aliphatic hydroxyl groups excluding tert-OH is 4. The third-order valence-electron chi connectivity index (χ3n) is 6.73. The zero-order chi connectivity index (χ0) is 28.3. The maximum atomic E-state index is 10.8. The molecule has 0 radical (unpaired) electrons. The second kappa shape index (κ2) is 11.4. The van der Waals surface area contributed by atoms with Crippen molar-refractivity contribution in [3.63, 3.8) is 0 Å². The molecule has 8 heterocycles. The van der Waals surface area contributed by atoms with E-state index in [-0.39, 0.29) is 12.8 Å². The lowest BCUT2D eigenvalue weighted by atomic mass is 9.87. The molecule has 6 aliphatic rings. The SMILES string of the molecule is OC[C@H]1O[C@@]2(O)C#CC#C[C@@]3(O)C[C@@H](O)[C@H](C#Cc4cccc(n4)-c4cccc(n4)C#C[C@H]1[C@H](O)C2)[C@@H](CO)O3. The highest BCUT2D eigenvalue weighted by molar-refractivity contribution is 5.56. The van der Waals surface area contributed by atoms with Crippen LogP contribution in [0.5, 0.6) is 0 Å². The van der Waals surface area contributed by atoms with Crippen LogP contribution < -0.4 is 0 Å². The summed E-state index contributed by atoms with van der Waals surface area (Å²) in [4.78, 5) is 9.07. The van der Waals surface area contributed by atoms with Gasteiger partial charge in [-0.2, -0.15) is 0 Å². The molecular formula is C30H26N2O8. The van der Waals surface area contributed by atoms with Gasteiger partial charge in [0.2, 0.25) is 11.6 Å². The van der Waals surface area contributed by atoms with Gasteiger partial charge in [-0.05, 0) is 59.8 Å². The third-order valence-corrected chi connectivity index (χ3v) is 6.73. The maximum Gasteiger partial charge on any atom is 0.234 e. The molecule has 0 saturated carbocycles. The molecule has 2 fully saturated rings. The molecule has 0 aliphatic carbocycles. The van der Waals surface area contributed by atoms with Crippen LogP contribution in [-0.4, -0.2) is 89.8 Å². The molecule has 6 aliphatic heterocycles. The molecule has 8 bridgehead atoms. The largest absolute Gasteiger partial charge is 0.394 e. The molecule has 10 heteroatoms. The Morgan fingerprint density at radius 1 is 0.725 bits per heavy atom. The van der Waals surface area contributed by atoms with Crippen molar-refractivity contribution < 1.29 is 40.1 Å². The zero-order valence-electron chi connectivity index (χ0n) is 21.2. The van der Waals surface area contributed by atoms with E-state index in [2.05, 4.69) is 57.3 Å². The third kappa shape index (κ3) is 6.02. The second-order valence-corrected chi connectivity index (χ2v) is 9.70. The Bertz CT molecular complexity index is 1420. The summed E-state index contributed by atoms with van der Waals surface area (Å²) in [5.41, 5.74) is 1.80. The number of hydrogen-bond donors (Lipinski definition) is 6. The first-order valence-corrected chi connectivity index (χ1v) is 12.6. The van der Waals surface area contributed by atoms with E-state index in [9.17, 15) is 30.6 Å². The van der Waals surface area contributed by atoms with Gasteiger partial charge in [-0.15, -0.1) is 0 Å². The molecule has 10 nitrogen and oxygen atoms in total. The zero-order valence-corrected chi connectivity index (χ0v) is 21.2. The van der Waals surface area contributed by atoms with Crippen molar-refractivity contribution in [1.29, 1.82) is 0 Å². The maximum absolute atomic E-state index is 10.8. The number of nitrogens with zero attached hydrogens (tertiary/aromatic N) is 2. The van der Waals surface area contributed by atoms with Gasteiger partial charge in [0.25, 0.3) is 0 Å². The average molecular weight is 543 g/mol. The van der Waals surface area contributed by atoms with Crippen LogP contribution in [0.3, 0.4) is 0 Å². The van der Waals surface area contributed by atoms with Crippen LogP contribution in [0.25, 0.3) is 11.4 Å². The van der Waals surface area contributed by atoms with E-state index in [1.54, 1.807) is 36.4 Å². The summed E-state index contributed by atoms with van der Waals surface area (Å²) in [7, 11) is 0. The summed E-state index contributed by atoms with van der Waals surface area (Å²) < 4.78 is 11.2. The highest BCUT2D eigenvalue weighted by Crippen LogP contribution is 2.32. The van der Waals surface area contributed by atoms with Crippen molar-refractivity contribution in [3.8, 4) is 58.8 Å². The molecule has 0 aromatic carbocycles. The first-order chi connectivity index (χ1) is 19.2. The molecule has 0 unspecified atom stereocenters. The Labute approximate surface area is 230 Å². The molecular weight excluding hydrogens is 516 g/mol. The van der Waals surface area contributed by atoms with Gasteiger partial charge in [0.05, 0.1) is 48.6 Å². The van der Waals surface area contributed by atoms with Crippen LogP contribution in [-0.2, 0) is 9.47 Å². The lowest BCUT2D eigenvalue weighted by Crippen LogP contribution is -2.52. The van der Waals surface area contributed by atoms with Gasteiger partial charge in [-0.1, -0.05) is 24.0 Å². The van der Waals surface area contributed by atoms with Crippen LogP contribution in [0.1, 0.15) is 24.2 Å². The molecule has 6 N–H and O–H groups in total. The van der Waals surface area contributed by atoms with E-state index < -0.39 is 61.0 Å². The number of aliphatic hydroxyl groups is 6. The fourth-order valence-corrected chi connectivity index (χ4v) is 4.77. The molecule has 2 aromatic rings. The molecule has 2 aromatic heterocycles. The van der Waals surface area contributed by atoms with E-state index in [1.807, 2.05) is 0 Å². The summed E-state index contributed by atoms with van der Waals surface area (Å²) in [6.45, 7) is -1.10. The van der Waals surface area contributed by atoms with Gasteiger partial charge >= 0.3 is 0 Å². The van der Waals surface area contributed by atoms with Crippen molar-refractivity contribution in [2.24, 2.45) is 11.8 Å². The minimum Gasteiger partial charge on any atom is -0.394 e. The second-order valence-electron chi connectivity index (χ2n) is 9.70. The van der Waals surface area contributed by atoms with E-state index >= 15 is 0 Å². The predicted molar refractivity (Wildman–Crippen MR) is 139 cm³/mol. The van der Waals surface area contributed by atoms with Gasteiger partial charge in [0, 0.05) is 12.8 Å². The predicted octanol–water partition coefficient (Wildman–Crippen LogP) is -1.24. The summed E-state index contributed by atoms with van der Waals surface area (Å²) in [5.74, 6) is 15.2. The lowest BCUT2D eigenvalue weighted by molar-refractivity contribution is -0.256. The summed E-state index contributed by atoms with van der Waals surface area (Å²) >= 11 is 0. The minimum atomic E-state index is -2.14. The summed E-state index contributed by atoms with van der Waals surface area (Å²) in [6.07, 6.45) is -5.21. The fourth-order valence-electron chi connectivity index (χ4n) is 4.77. The Hall–Kier alpha value is -3.78. The summed E-state index contributed by atoms with van der Waals surface area (Å²) in [6, 6.07) is 10.4. The number of pyridine rings is 2. The number of rotatable bonds is 2. The van der Waals surface area contributed by atoms with Crippen LogP contribution in [0.2, 0.25) is 0 Å². The minimum absolute atomic E-state index is 0.339. The normalized spacial score (nSPS) is 34.2. The van der Waals surface area contributed by atoms with E-state index in [4.69, 9.17) is 9.47 Å². The molecule has 0 amide bonds. The molecule has 204 valence electrons. The van der Waals surface area contributed by atoms with Gasteiger partial charge < -0.3 is 40.1 Å². The van der Waals surface area contributed by atoms with Gasteiger partial charge in [-0.25, -0.2) is 9.97 Å². The highest BCUT2D eigenvalue weighted by Gasteiger charge is 2.45. The van der Waals surface area contributed by atoms with Crippen LogP contribution >= 0.6 is 0 Å². The van der Waals surface area contributed by atoms with E-state index in [0.29, 0.717) is 22.8 Å². The monoisotopic (exact) mass is 542 g/mol. The number of hydrogen-bond acceptors (Lipinski definition) is 10. The van der Waals surface area contributed by atoms with Crippen LogP contribution in [0.15, 0.2) is 36.4 Å². The smallest absolute Gasteiger partial charge is 0.234 e. The quantitative estimate of drug-likeness (QED) is 0.253. The van der Waals surface area contributed by atoms with E-state index in [1.165, 1.54) is 0 Å². The van der Waals surface area contributed by atoms with Gasteiger partial charge in [0.1, 0.15) is 23.6 Å². The standard InChI is InChI=1S/C30H26N2O8/c33-17-27-21-11-9-19-5-3-7-23(31-19)24-8-4-6-20(32-24)10-12-22-26(36)16-30(38,40-28(22)18-34)14-2-1-13-29(37,39-27)15-25(21)35/h3-8,21-22,25-28,33-38H,15-18H2/t21-,22-,25+,26+,27+,28+,29-,30-/m0/s1. The molecule has 2 saturated heterocycles. The van der Waals surface area contributed by atoms with Gasteiger partial charge in [-0.3, -0.25) is 0 Å². The summed E-state index contributed by atoms with van der Waals surface area (Å²) in [5, 5.41) is 62.9. The van der Waals surface area contributed by atoms with Crippen molar-refractivity contribution in [2.45, 2.75) is 48.8 Å². The lowest BCUT2D eigenvalue weighted by Gasteiger charge is -2.39. The van der Waals surface area contributed by atoms with Crippen LogP contribution in [0, 0.1) is 59.2 Å². The van der Waals surface area contributed by atoms with Crippen LogP contribution in [0.4, 0.5) is 0 Å². The Morgan fingerprint density at radius 3 is 1.55 bits per heavy atom. The van der Waals surface area contributed by atoms with Gasteiger partial charge in [0.15, 0.2) is 0 Å². The Balaban J connectivity index is 1.60.